The minimum absolute atomic E-state index is 0.0201. The molecule has 0 atom stereocenters. The number of nitrogens with zero attached hydrogens (tertiary/aromatic N) is 2. The van der Waals surface area contributed by atoms with Crippen molar-refractivity contribution in [3.05, 3.63) is 71.1 Å². The minimum Gasteiger partial charge on any atom is -0.545 e. The van der Waals surface area contributed by atoms with E-state index in [-0.39, 0.29) is 17.2 Å². The van der Waals surface area contributed by atoms with Gasteiger partial charge in [0.05, 0.1) is 23.7 Å². The highest BCUT2D eigenvalue weighted by atomic mass is 16.5. The predicted molar refractivity (Wildman–Crippen MR) is 135 cm³/mol. The minimum atomic E-state index is -1.33. The number of fused-ring (bicyclic) bond motifs is 2. The lowest BCUT2D eigenvalue weighted by molar-refractivity contribution is -0.254. The number of ether oxygens (including phenoxy) is 1. The molecule has 0 N–H and O–H groups in total. The Hall–Kier alpha value is -4.13. The van der Waals surface area contributed by atoms with Gasteiger partial charge in [-0.2, -0.15) is 0 Å². The molecule has 0 amide bonds. The summed E-state index contributed by atoms with van der Waals surface area (Å²) in [5, 5.41) is 13.8. The zero-order valence-corrected chi connectivity index (χ0v) is 20.7. The maximum atomic E-state index is 12.7. The van der Waals surface area contributed by atoms with E-state index in [0.717, 1.165) is 22.0 Å². The Balaban J connectivity index is 2.13. The van der Waals surface area contributed by atoms with Crippen LogP contribution >= 0.6 is 0 Å². The van der Waals surface area contributed by atoms with Crippen LogP contribution in [0.4, 0.5) is 5.69 Å². The molecule has 1 aliphatic heterocycles. The van der Waals surface area contributed by atoms with Crippen molar-refractivity contribution >= 4 is 28.6 Å². The topological polar surface area (TPSA) is 85.8 Å². The van der Waals surface area contributed by atoms with E-state index < -0.39 is 11.9 Å². The number of hydrogen-bond acceptors (Lipinski definition) is 6. The van der Waals surface area contributed by atoms with Crippen molar-refractivity contribution in [1.82, 2.24) is 4.58 Å². The number of benzene rings is 3. The summed E-state index contributed by atoms with van der Waals surface area (Å²) >= 11 is 0. The Morgan fingerprint density at radius 3 is 2.34 bits per heavy atom. The summed E-state index contributed by atoms with van der Waals surface area (Å²) in [4.78, 5) is 26.8. The van der Waals surface area contributed by atoms with Crippen LogP contribution in [-0.4, -0.2) is 46.2 Å². The van der Waals surface area contributed by atoms with E-state index >= 15 is 0 Å². The molecule has 0 radical (unpaired) electrons. The average molecular weight is 473 g/mol. The van der Waals surface area contributed by atoms with E-state index in [1.807, 2.05) is 74.1 Å². The van der Waals surface area contributed by atoms with E-state index in [9.17, 15) is 14.7 Å². The SMILES string of the molecule is CC(C)OC(=O)c1ccc(C(=O)[O-])c(-c2c3ccc(=[N+](C)C)cc-3oc3cc(N(C)C)ccc23)c1. The molecule has 0 aromatic heterocycles. The number of anilines is 1. The van der Waals surface area contributed by atoms with Gasteiger partial charge in [-0.15, -0.1) is 0 Å². The largest absolute Gasteiger partial charge is 0.545 e. The van der Waals surface area contributed by atoms with Crippen LogP contribution in [-0.2, 0) is 4.74 Å². The summed E-state index contributed by atoms with van der Waals surface area (Å²) < 4.78 is 13.6. The normalized spacial score (nSPS) is 11.2. The first-order chi connectivity index (χ1) is 16.6. The summed E-state index contributed by atoms with van der Waals surface area (Å²) in [5.74, 6) is -1.26. The molecular formula is C28H28N2O5. The van der Waals surface area contributed by atoms with Crippen LogP contribution < -0.4 is 19.9 Å². The maximum Gasteiger partial charge on any atom is 0.338 e. The van der Waals surface area contributed by atoms with Crippen LogP contribution in [0.25, 0.3) is 33.4 Å². The lowest BCUT2D eigenvalue weighted by Crippen LogP contribution is -2.24. The van der Waals surface area contributed by atoms with Crippen LogP contribution in [0.1, 0.15) is 34.6 Å². The Labute approximate surface area is 203 Å². The maximum absolute atomic E-state index is 12.7. The van der Waals surface area contributed by atoms with Gasteiger partial charge in [-0.3, -0.25) is 0 Å². The number of carboxylic acid groups (broad SMARTS) is 1. The van der Waals surface area contributed by atoms with Gasteiger partial charge in [0.1, 0.15) is 25.4 Å². The molecule has 180 valence electrons. The van der Waals surface area contributed by atoms with Crippen LogP contribution in [0, 0.1) is 0 Å². The van der Waals surface area contributed by atoms with E-state index in [4.69, 9.17) is 9.15 Å². The third kappa shape index (κ3) is 4.62. The molecule has 7 heteroatoms. The van der Waals surface area contributed by atoms with E-state index in [0.29, 0.717) is 22.5 Å². The molecule has 2 aromatic carbocycles. The molecule has 0 saturated heterocycles. The first kappa shape index (κ1) is 24.0. The summed E-state index contributed by atoms with van der Waals surface area (Å²) in [6.45, 7) is 3.53. The standard InChI is InChI=1S/C28H28N2O5/c1-16(2)34-28(33)17-7-10-20(27(31)32)23(13-17)26-21-11-8-18(29(3)4)14-24(21)35-25-15-19(30(5)6)9-12-22(25)26/h7-16H,1-6H3. The lowest BCUT2D eigenvalue weighted by Gasteiger charge is -2.20. The van der Waals surface area contributed by atoms with Gasteiger partial charge in [0.15, 0.2) is 0 Å². The fraction of sp³-hybridized carbons (Fsp3) is 0.250. The van der Waals surface area contributed by atoms with Gasteiger partial charge in [-0.25, -0.2) is 9.37 Å². The van der Waals surface area contributed by atoms with Crippen molar-refractivity contribution in [1.29, 1.82) is 0 Å². The lowest BCUT2D eigenvalue weighted by atomic mass is 9.89. The highest BCUT2D eigenvalue weighted by Gasteiger charge is 2.22. The molecule has 7 nitrogen and oxygen atoms in total. The summed E-state index contributed by atoms with van der Waals surface area (Å²) in [5.41, 5.74) is 3.50. The van der Waals surface area contributed by atoms with Gasteiger partial charge in [-0.05, 0) is 49.7 Å². The van der Waals surface area contributed by atoms with Crippen molar-refractivity contribution in [3.63, 3.8) is 0 Å². The first-order valence-electron chi connectivity index (χ1n) is 11.3. The molecule has 0 bridgehead atoms. The first-order valence-corrected chi connectivity index (χ1v) is 11.3. The third-order valence-corrected chi connectivity index (χ3v) is 5.81. The van der Waals surface area contributed by atoms with E-state index in [1.165, 1.54) is 12.1 Å². The Bertz CT molecular complexity index is 1490. The van der Waals surface area contributed by atoms with Crippen LogP contribution in [0.2, 0.25) is 0 Å². The van der Waals surface area contributed by atoms with Gasteiger partial charge in [0.25, 0.3) is 0 Å². The number of carboxylic acids is 1. The Morgan fingerprint density at radius 2 is 1.71 bits per heavy atom. The number of hydrogen-bond donors (Lipinski definition) is 0. The molecule has 0 unspecified atom stereocenters. The highest BCUT2D eigenvalue weighted by molar-refractivity contribution is 6.08. The van der Waals surface area contributed by atoms with Crippen molar-refractivity contribution in [2.75, 3.05) is 33.1 Å². The van der Waals surface area contributed by atoms with Gasteiger partial charge in [-0.1, -0.05) is 6.07 Å². The molecule has 1 heterocycles. The molecule has 4 rings (SSSR count). The van der Waals surface area contributed by atoms with Crippen molar-refractivity contribution in [3.8, 4) is 22.5 Å². The van der Waals surface area contributed by atoms with E-state index in [1.54, 1.807) is 19.9 Å². The predicted octanol–water partition coefficient (Wildman–Crippen LogP) is 3.23. The van der Waals surface area contributed by atoms with Crippen LogP contribution in [0.15, 0.2) is 59.0 Å². The Morgan fingerprint density at radius 1 is 0.971 bits per heavy atom. The highest BCUT2D eigenvalue weighted by Crippen LogP contribution is 2.42. The smallest absolute Gasteiger partial charge is 0.338 e. The van der Waals surface area contributed by atoms with Crippen molar-refractivity contribution < 1.29 is 23.8 Å². The zero-order chi connectivity index (χ0) is 25.4. The molecule has 2 aromatic rings. The molecule has 1 aliphatic carbocycles. The van der Waals surface area contributed by atoms with Gasteiger partial charge in [0, 0.05) is 54.0 Å². The average Bonchev–Trinajstić information content (AvgIpc) is 2.80. The van der Waals surface area contributed by atoms with Gasteiger partial charge >= 0.3 is 5.97 Å². The summed E-state index contributed by atoms with van der Waals surface area (Å²) in [7, 11) is 7.74. The molecule has 2 aliphatic rings. The number of rotatable bonds is 5. The second kappa shape index (κ2) is 9.25. The number of carbonyl (C=O) groups excluding carboxylic acids is 2. The monoisotopic (exact) mass is 472 g/mol. The van der Waals surface area contributed by atoms with Crippen molar-refractivity contribution in [2.45, 2.75) is 20.0 Å². The molecule has 0 saturated carbocycles. The van der Waals surface area contributed by atoms with Crippen LogP contribution in [0.3, 0.4) is 0 Å². The van der Waals surface area contributed by atoms with E-state index in [2.05, 4.69) is 0 Å². The van der Waals surface area contributed by atoms with Crippen LogP contribution in [0.5, 0.6) is 0 Å². The third-order valence-electron chi connectivity index (χ3n) is 5.81. The van der Waals surface area contributed by atoms with Gasteiger partial charge < -0.3 is 24.0 Å². The molecular weight excluding hydrogens is 444 g/mol. The quantitative estimate of drug-likeness (QED) is 0.252. The zero-order valence-electron chi connectivity index (χ0n) is 20.7. The van der Waals surface area contributed by atoms with Gasteiger partial charge in [0.2, 0.25) is 5.36 Å². The summed E-state index contributed by atoms with van der Waals surface area (Å²) in [6, 6.07) is 15.9. The number of esters is 1. The Kier molecular flexibility index (Phi) is 6.35. The second-order valence-electron chi connectivity index (χ2n) is 9.13. The fourth-order valence-electron chi connectivity index (χ4n) is 4.05. The second-order valence-corrected chi connectivity index (χ2v) is 9.13. The fourth-order valence-corrected chi connectivity index (χ4v) is 4.05. The summed E-state index contributed by atoms with van der Waals surface area (Å²) in [6.07, 6.45) is -0.308. The molecule has 0 spiro atoms. The molecule has 35 heavy (non-hydrogen) atoms. The number of carbonyl (C=O) groups is 2. The number of aromatic carboxylic acids is 1. The molecule has 0 fully saturated rings. The van der Waals surface area contributed by atoms with Crippen molar-refractivity contribution in [2.24, 2.45) is 0 Å².